The molecule has 0 saturated carbocycles. The van der Waals surface area contributed by atoms with Crippen LogP contribution in [0.15, 0.2) is 53.4 Å². The first-order valence-electron chi connectivity index (χ1n) is 8.63. The fourth-order valence-electron chi connectivity index (χ4n) is 2.41. The highest BCUT2D eigenvalue weighted by Gasteiger charge is 2.29. The first kappa shape index (κ1) is 19.1. The van der Waals surface area contributed by atoms with Crippen molar-refractivity contribution in [3.8, 4) is 11.5 Å². The molecule has 0 fully saturated rings. The summed E-state index contributed by atoms with van der Waals surface area (Å²) in [5.74, 6) is 0.853. The molecule has 1 heterocycles. The van der Waals surface area contributed by atoms with Crippen LogP contribution in [0.4, 0.5) is 0 Å². The van der Waals surface area contributed by atoms with Crippen LogP contribution < -0.4 is 14.8 Å². The number of carbonyl (C=O) groups excluding carboxylic acids is 2. The monoisotopic (exact) mass is 387 g/mol. The van der Waals surface area contributed by atoms with Crippen molar-refractivity contribution in [2.24, 2.45) is 0 Å². The van der Waals surface area contributed by atoms with Gasteiger partial charge in [0.1, 0.15) is 6.61 Å². The Bertz CT molecular complexity index is 793. The van der Waals surface area contributed by atoms with Crippen LogP contribution in [0.2, 0.25) is 0 Å². The predicted octanol–water partition coefficient (Wildman–Crippen LogP) is 2.59. The molecular formula is C20H21NO5S. The van der Waals surface area contributed by atoms with Gasteiger partial charge in [-0.3, -0.25) is 4.79 Å². The second-order valence-electron chi connectivity index (χ2n) is 5.98. The van der Waals surface area contributed by atoms with E-state index < -0.39 is 12.1 Å². The van der Waals surface area contributed by atoms with Crippen molar-refractivity contribution in [1.29, 1.82) is 0 Å². The number of rotatable bonds is 7. The van der Waals surface area contributed by atoms with Gasteiger partial charge in [-0.25, -0.2) is 4.79 Å². The Hall–Kier alpha value is -2.67. The number of amides is 1. The van der Waals surface area contributed by atoms with Crippen molar-refractivity contribution in [1.82, 2.24) is 5.32 Å². The van der Waals surface area contributed by atoms with Gasteiger partial charge in [-0.1, -0.05) is 29.8 Å². The van der Waals surface area contributed by atoms with Crippen molar-refractivity contribution in [2.75, 3.05) is 25.5 Å². The lowest BCUT2D eigenvalue weighted by atomic mass is 10.2. The third kappa shape index (κ3) is 5.65. The van der Waals surface area contributed by atoms with Crippen molar-refractivity contribution in [3.63, 3.8) is 0 Å². The summed E-state index contributed by atoms with van der Waals surface area (Å²) in [4.78, 5) is 25.0. The number of benzene rings is 2. The molecule has 7 heteroatoms. The normalized spacial score (nSPS) is 15.1. The Labute approximate surface area is 162 Å². The van der Waals surface area contributed by atoms with Crippen molar-refractivity contribution in [3.05, 3.63) is 54.1 Å². The molecule has 3 rings (SSSR count). The first-order chi connectivity index (χ1) is 13.1. The molecule has 2 aromatic carbocycles. The quantitative estimate of drug-likeness (QED) is 0.447. The molecule has 0 spiro atoms. The maximum Gasteiger partial charge on any atom is 0.351 e. The Morgan fingerprint density at radius 2 is 1.89 bits per heavy atom. The van der Waals surface area contributed by atoms with E-state index in [-0.39, 0.29) is 19.1 Å². The van der Waals surface area contributed by atoms with Crippen LogP contribution >= 0.6 is 11.8 Å². The first-order valence-corrected chi connectivity index (χ1v) is 9.61. The number of hydrogen-bond acceptors (Lipinski definition) is 6. The van der Waals surface area contributed by atoms with Gasteiger partial charge in [0, 0.05) is 17.2 Å². The Morgan fingerprint density at radius 3 is 2.67 bits per heavy atom. The van der Waals surface area contributed by atoms with Gasteiger partial charge in [-0.2, -0.15) is 0 Å². The number of ether oxygens (including phenoxy) is 3. The standard InChI is InChI=1S/C20H21NO5S/c1-14-6-8-15(9-7-14)27-11-10-21-19(22)13-25-20(23)18-12-24-16-4-2-3-5-17(16)26-18/h2-9,18H,10-13H2,1H3,(H,21,22)/t18-/m1/s1. The molecule has 0 aliphatic carbocycles. The van der Waals surface area contributed by atoms with E-state index >= 15 is 0 Å². The van der Waals surface area contributed by atoms with E-state index in [2.05, 4.69) is 17.4 Å². The summed E-state index contributed by atoms with van der Waals surface area (Å²) in [6.45, 7) is 2.25. The lowest BCUT2D eigenvalue weighted by Crippen LogP contribution is -2.39. The largest absolute Gasteiger partial charge is 0.485 e. The molecule has 0 unspecified atom stereocenters. The maximum atomic E-state index is 12.0. The van der Waals surface area contributed by atoms with Gasteiger partial charge in [0.05, 0.1) is 0 Å². The smallest absolute Gasteiger partial charge is 0.351 e. The minimum absolute atomic E-state index is 0.0602. The number of nitrogens with one attached hydrogen (secondary N) is 1. The summed E-state index contributed by atoms with van der Waals surface area (Å²) >= 11 is 1.65. The molecule has 6 nitrogen and oxygen atoms in total. The van der Waals surface area contributed by atoms with Crippen LogP contribution in [-0.2, 0) is 14.3 Å². The van der Waals surface area contributed by atoms with Crippen LogP contribution in [0.25, 0.3) is 0 Å². The lowest BCUT2D eigenvalue weighted by molar-refractivity contribution is -0.157. The van der Waals surface area contributed by atoms with E-state index in [9.17, 15) is 9.59 Å². The molecule has 1 N–H and O–H groups in total. The maximum absolute atomic E-state index is 12.0. The summed E-state index contributed by atoms with van der Waals surface area (Å²) in [7, 11) is 0. The molecule has 1 aliphatic rings. The summed E-state index contributed by atoms with van der Waals surface area (Å²) in [5.41, 5.74) is 1.21. The van der Waals surface area contributed by atoms with Crippen LogP contribution in [0.5, 0.6) is 11.5 Å². The van der Waals surface area contributed by atoms with E-state index in [1.54, 1.807) is 30.0 Å². The van der Waals surface area contributed by atoms with Gasteiger partial charge in [-0.15, -0.1) is 11.8 Å². The van der Waals surface area contributed by atoms with Gasteiger partial charge in [-0.05, 0) is 31.2 Å². The highest BCUT2D eigenvalue weighted by molar-refractivity contribution is 7.99. The summed E-state index contributed by atoms with van der Waals surface area (Å²) in [6.07, 6.45) is -0.871. The molecule has 142 valence electrons. The molecule has 0 saturated heterocycles. The van der Waals surface area contributed by atoms with E-state index in [1.165, 1.54) is 5.56 Å². The van der Waals surface area contributed by atoms with Gasteiger partial charge < -0.3 is 19.5 Å². The van der Waals surface area contributed by atoms with Crippen molar-refractivity contribution in [2.45, 2.75) is 17.9 Å². The molecule has 0 aromatic heterocycles. The topological polar surface area (TPSA) is 73.9 Å². The lowest BCUT2D eigenvalue weighted by Gasteiger charge is -2.24. The molecule has 27 heavy (non-hydrogen) atoms. The number of thioether (sulfide) groups is 1. The fourth-order valence-corrected chi connectivity index (χ4v) is 3.18. The zero-order valence-corrected chi connectivity index (χ0v) is 15.8. The van der Waals surface area contributed by atoms with Crippen LogP contribution in [0.3, 0.4) is 0 Å². The molecular weight excluding hydrogens is 366 g/mol. The number of para-hydroxylation sites is 2. The van der Waals surface area contributed by atoms with Crippen molar-refractivity contribution < 1.29 is 23.8 Å². The van der Waals surface area contributed by atoms with Crippen LogP contribution in [0.1, 0.15) is 5.56 Å². The molecule has 2 aromatic rings. The van der Waals surface area contributed by atoms with Crippen LogP contribution in [0, 0.1) is 6.92 Å². The third-order valence-corrected chi connectivity index (χ3v) is 4.84. The molecule has 1 amide bonds. The Morgan fingerprint density at radius 1 is 1.15 bits per heavy atom. The van der Waals surface area contributed by atoms with Gasteiger partial charge in [0.2, 0.25) is 6.10 Å². The second kappa shape index (κ2) is 9.32. The Balaban J connectivity index is 1.33. The minimum atomic E-state index is -0.871. The average molecular weight is 387 g/mol. The average Bonchev–Trinajstić information content (AvgIpc) is 2.70. The second-order valence-corrected chi connectivity index (χ2v) is 7.15. The highest BCUT2D eigenvalue weighted by atomic mass is 32.2. The van der Waals surface area contributed by atoms with Gasteiger partial charge in [0.25, 0.3) is 5.91 Å². The number of aryl methyl sites for hydroxylation is 1. The number of fused-ring (bicyclic) bond motifs is 1. The Kier molecular flexibility index (Phi) is 6.59. The summed E-state index contributed by atoms with van der Waals surface area (Å²) in [5, 5.41) is 2.73. The zero-order chi connectivity index (χ0) is 19.1. The van der Waals surface area contributed by atoms with E-state index in [0.717, 1.165) is 10.6 Å². The SMILES string of the molecule is Cc1ccc(SCCNC(=O)COC(=O)[C@H]2COc3ccccc3O2)cc1. The van der Waals surface area contributed by atoms with Gasteiger partial charge in [0.15, 0.2) is 18.1 Å². The highest BCUT2D eigenvalue weighted by Crippen LogP contribution is 2.31. The minimum Gasteiger partial charge on any atom is -0.485 e. The predicted molar refractivity (Wildman–Crippen MR) is 102 cm³/mol. The van der Waals surface area contributed by atoms with Crippen LogP contribution in [-0.4, -0.2) is 43.5 Å². The summed E-state index contributed by atoms with van der Waals surface area (Å²) < 4.78 is 16.0. The van der Waals surface area contributed by atoms with E-state index in [4.69, 9.17) is 14.2 Å². The third-order valence-electron chi connectivity index (χ3n) is 3.83. The number of carbonyl (C=O) groups is 2. The van der Waals surface area contributed by atoms with E-state index in [0.29, 0.717) is 18.0 Å². The molecule has 0 radical (unpaired) electrons. The fraction of sp³-hybridized carbons (Fsp3) is 0.300. The van der Waals surface area contributed by atoms with Gasteiger partial charge >= 0.3 is 5.97 Å². The molecule has 1 atom stereocenters. The van der Waals surface area contributed by atoms with Crippen molar-refractivity contribution >= 4 is 23.6 Å². The summed E-state index contributed by atoms with van der Waals surface area (Å²) in [6, 6.07) is 15.3. The molecule has 0 bridgehead atoms. The zero-order valence-electron chi connectivity index (χ0n) is 15.0. The molecule has 1 aliphatic heterocycles. The number of esters is 1. The van der Waals surface area contributed by atoms with E-state index in [1.807, 2.05) is 25.1 Å². The number of hydrogen-bond donors (Lipinski definition) is 1.